The molecule has 0 radical (unpaired) electrons. The number of benzene rings is 1. The van der Waals surface area contributed by atoms with Gasteiger partial charge in [0.2, 0.25) is 0 Å². The summed E-state index contributed by atoms with van der Waals surface area (Å²) < 4.78 is 5.74. The lowest BCUT2D eigenvalue weighted by molar-refractivity contribution is 0.202. The molecular weight excluding hydrogens is 281 g/mol. The van der Waals surface area contributed by atoms with Crippen molar-refractivity contribution in [3.63, 3.8) is 0 Å². The summed E-state index contributed by atoms with van der Waals surface area (Å²) >= 11 is 12.2. The van der Waals surface area contributed by atoms with Crippen molar-refractivity contribution < 1.29 is 4.74 Å². The van der Waals surface area contributed by atoms with E-state index in [1.54, 1.807) is 0 Å². The van der Waals surface area contributed by atoms with E-state index in [1.165, 1.54) is 11.1 Å². The van der Waals surface area contributed by atoms with Crippen LogP contribution in [0.15, 0.2) is 12.1 Å². The van der Waals surface area contributed by atoms with E-state index in [4.69, 9.17) is 27.9 Å². The summed E-state index contributed by atoms with van der Waals surface area (Å²) in [5.41, 5.74) is 2.46. The van der Waals surface area contributed by atoms with Crippen molar-refractivity contribution >= 4 is 23.2 Å². The van der Waals surface area contributed by atoms with Gasteiger partial charge in [-0.1, -0.05) is 11.6 Å². The Labute approximate surface area is 124 Å². The summed E-state index contributed by atoms with van der Waals surface area (Å²) in [6.07, 6.45) is 3.27. The maximum absolute atomic E-state index is 6.18. The molecule has 0 unspecified atom stereocenters. The molecule has 0 atom stereocenters. The van der Waals surface area contributed by atoms with Gasteiger partial charge in [-0.15, -0.1) is 11.6 Å². The van der Waals surface area contributed by atoms with Crippen molar-refractivity contribution in [2.45, 2.75) is 31.2 Å². The largest absolute Gasteiger partial charge is 0.493 e. The number of fused-ring (bicyclic) bond motifs is 1. The van der Waals surface area contributed by atoms with Crippen molar-refractivity contribution in [1.82, 2.24) is 4.90 Å². The highest BCUT2D eigenvalue weighted by atomic mass is 35.5. The molecule has 2 aliphatic rings. The Morgan fingerprint density at radius 1 is 1.37 bits per heavy atom. The van der Waals surface area contributed by atoms with Gasteiger partial charge in [-0.2, -0.15) is 0 Å². The molecule has 3 rings (SSSR count). The first-order valence-electron chi connectivity index (χ1n) is 6.88. The molecule has 4 heteroatoms. The van der Waals surface area contributed by atoms with Gasteiger partial charge in [-0.3, -0.25) is 0 Å². The Hall–Kier alpha value is -0.440. The standard InChI is InChI=1S/C15H19Cl2NO/c1-18(8-10-4-13(16)5-10)9-12-7-14(17)6-11-2-3-19-15(11)12/h6-7,10,13H,2-5,8-9H2,1H3. The maximum atomic E-state index is 6.18. The quantitative estimate of drug-likeness (QED) is 0.786. The van der Waals surface area contributed by atoms with Crippen molar-refractivity contribution in [2.75, 3.05) is 20.2 Å². The fourth-order valence-electron chi connectivity index (χ4n) is 3.06. The molecular formula is C15H19Cl2NO. The second kappa shape index (κ2) is 5.51. The molecule has 19 heavy (non-hydrogen) atoms. The number of halogens is 2. The number of nitrogens with zero attached hydrogens (tertiary/aromatic N) is 1. The Bertz CT molecular complexity index is 471. The van der Waals surface area contributed by atoms with Crippen LogP contribution >= 0.6 is 23.2 Å². The molecule has 104 valence electrons. The maximum Gasteiger partial charge on any atom is 0.127 e. The van der Waals surface area contributed by atoms with Gasteiger partial charge in [-0.25, -0.2) is 0 Å². The third-order valence-electron chi connectivity index (χ3n) is 4.01. The van der Waals surface area contributed by atoms with Gasteiger partial charge in [0, 0.05) is 35.5 Å². The van der Waals surface area contributed by atoms with E-state index in [9.17, 15) is 0 Å². The molecule has 1 fully saturated rings. The topological polar surface area (TPSA) is 12.5 Å². The van der Waals surface area contributed by atoms with Crippen LogP contribution in [0.1, 0.15) is 24.0 Å². The van der Waals surface area contributed by atoms with Crippen LogP contribution in [-0.2, 0) is 13.0 Å². The number of hydrogen-bond acceptors (Lipinski definition) is 2. The van der Waals surface area contributed by atoms with Gasteiger partial charge in [-0.05, 0) is 43.5 Å². The SMILES string of the molecule is CN(Cc1cc(Cl)cc2c1OCC2)CC1CC(Cl)C1. The Balaban J connectivity index is 1.66. The summed E-state index contributed by atoms with van der Waals surface area (Å²) in [4.78, 5) is 2.35. The molecule has 0 bridgehead atoms. The van der Waals surface area contributed by atoms with E-state index in [0.717, 1.165) is 55.6 Å². The lowest BCUT2D eigenvalue weighted by atomic mass is 9.84. The summed E-state index contributed by atoms with van der Waals surface area (Å²) in [7, 11) is 2.16. The molecule has 0 spiro atoms. The third-order valence-corrected chi connectivity index (χ3v) is 4.59. The van der Waals surface area contributed by atoms with Gasteiger partial charge in [0.15, 0.2) is 0 Å². The summed E-state index contributed by atoms with van der Waals surface area (Å²) in [6, 6.07) is 4.06. The molecule has 0 N–H and O–H groups in total. The van der Waals surface area contributed by atoms with Crippen LogP contribution in [0, 0.1) is 5.92 Å². The summed E-state index contributed by atoms with van der Waals surface area (Å²) in [5, 5.41) is 1.22. The molecule has 0 aromatic heterocycles. The Morgan fingerprint density at radius 3 is 2.89 bits per heavy atom. The second-order valence-corrected chi connectivity index (χ2v) is 6.84. The van der Waals surface area contributed by atoms with Crippen molar-refractivity contribution in [1.29, 1.82) is 0 Å². The first-order valence-corrected chi connectivity index (χ1v) is 7.70. The van der Waals surface area contributed by atoms with E-state index in [2.05, 4.69) is 11.9 Å². The van der Waals surface area contributed by atoms with Gasteiger partial charge >= 0.3 is 0 Å². The molecule has 1 heterocycles. The van der Waals surface area contributed by atoms with Gasteiger partial charge < -0.3 is 9.64 Å². The van der Waals surface area contributed by atoms with E-state index in [-0.39, 0.29) is 0 Å². The zero-order chi connectivity index (χ0) is 13.4. The molecule has 0 amide bonds. The molecule has 0 saturated heterocycles. The van der Waals surface area contributed by atoms with E-state index < -0.39 is 0 Å². The highest BCUT2D eigenvalue weighted by Gasteiger charge is 2.28. The summed E-state index contributed by atoms with van der Waals surface area (Å²) in [6.45, 7) is 2.78. The van der Waals surface area contributed by atoms with Gasteiger partial charge in [0.05, 0.1) is 6.61 Å². The number of hydrogen-bond donors (Lipinski definition) is 0. The Morgan fingerprint density at radius 2 is 2.16 bits per heavy atom. The minimum atomic E-state index is 0.400. The molecule has 1 aromatic rings. The monoisotopic (exact) mass is 299 g/mol. The lowest BCUT2D eigenvalue weighted by Crippen LogP contribution is -2.34. The van der Waals surface area contributed by atoms with Crippen molar-refractivity contribution in [3.8, 4) is 5.75 Å². The zero-order valence-corrected chi connectivity index (χ0v) is 12.7. The highest BCUT2D eigenvalue weighted by Crippen LogP contribution is 2.35. The van der Waals surface area contributed by atoms with Crippen LogP contribution in [0.3, 0.4) is 0 Å². The predicted molar refractivity (Wildman–Crippen MR) is 79.4 cm³/mol. The second-order valence-electron chi connectivity index (χ2n) is 5.78. The molecule has 1 aliphatic carbocycles. The molecule has 2 nitrogen and oxygen atoms in total. The van der Waals surface area contributed by atoms with Gasteiger partial charge in [0.1, 0.15) is 5.75 Å². The van der Waals surface area contributed by atoms with Crippen LogP contribution < -0.4 is 4.74 Å². The van der Waals surface area contributed by atoms with Crippen molar-refractivity contribution in [3.05, 3.63) is 28.3 Å². The minimum Gasteiger partial charge on any atom is -0.493 e. The first-order chi connectivity index (χ1) is 9.11. The Kier molecular flexibility index (Phi) is 3.93. The third kappa shape index (κ3) is 3.01. The van der Waals surface area contributed by atoms with Crippen LogP contribution in [0.4, 0.5) is 0 Å². The average Bonchev–Trinajstić information content (AvgIpc) is 2.74. The fourth-order valence-corrected chi connectivity index (χ4v) is 3.83. The van der Waals surface area contributed by atoms with E-state index in [1.807, 2.05) is 12.1 Å². The smallest absolute Gasteiger partial charge is 0.127 e. The van der Waals surface area contributed by atoms with Crippen LogP contribution in [0.25, 0.3) is 0 Å². The zero-order valence-electron chi connectivity index (χ0n) is 11.2. The molecule has 1 saturated carbocycles. The van der Waals surface area contributed by atoms with Crippen LogP contribution in [0.2, 0.25) is 5.02 Å². The number of ether oxygens (including phenoxy) is 1. The van der Waals surface area contributed by atoms with Gasteiger partial charge in [0.25, 0.3) is 0 Å². The number of rotatable bonds is 4. The number of alkyl halides is 1. The highest BCUT2D eigenvalue weighted by molar-refractivity contribution is 6.30. The predicted octanol–water partition coefficient (Wildman–Crippen LogP) is 3.72. The van der Waals surface area contributed by atoms with E-state index >= 15 is 0 Å². The first kappa shape index (κ1) is 13.5. The molecule has 1 aromatic carbocycles. The van der Waals surface area contributed by atoms with Crippen molar-refractivity contribution in [2.24, 2.45) is 5.92 Å². The fraction of sp³-hybridized carbons (Fsp3) is 0.600. The summed E-state index contributed by atoms with van der Waals surface area (Å²) in [5.74, 6) is 1.81. The lowest BCUT2D eigenvalue weighted by Gasteiger charge is -2.34. The average molecular weight is 300 g/mol. The minimum absolute atomic E-state index is 0.400. The molecule has 1 aliphatic heterocycles. The van der Waals surface area contributed by atoms with Crippen LogP contribution in [0.5, 0.6) is 5.75 Å². The van der Waals surface area contributed by atoms with E-state index in [0.29, 0.717) is 5.38 Å². The van der Waals surface area contributed by atoms with Crippen LogP contribution in [-0.4, -0.2) is 30.5 Å². The normalized spacial score (nSPS) is 25.1.